The normalized spacial score (nSPS) is 10.1. The third kappa shape index (κ3) is 4.40. The van der Waals surface area contributed by atoms with Gasteiger partial charge in [-0.3, -0.25) is 4.79 Å². The maximum Gasteiger partial charge on any atom is 0.239 e. The van der Waals surface area contributed by atoms with Gasteiger partial charge >= 0.3 is 0 Å². The van der Waals surface area contributed by atoms with Crippen LogP contribution in [0.25, 0.3) is 0 Å². The number of hydrogen-bond acceptors (Lipinski definition) is 3. The number of halogens is 1. The molecule has 0 aliphatic rings. The Hall–Kier alpha value is -2.20. The quantitative estimate of drug-likeness (QED) is 0.858. The molecule has 2 N–H and O–H groups in total. The maximum atomic E-state index is 11.9. The van der Waals surface area contributed by atoms with Crippen LogP contribution in [0, 0.1) is 6.92 Å². The lowest BCUT2D eigenvalue weighted by Gasteiger charge is -2.12. The Morgan fingerprint density at radius 2 is 2.00 bits per heavy atom. The lowest BCUT2D eigenvalue weighted by Crippen LogP contribution is -2.29. The summed E-state index contributed by atoms with van der Waals surface area (Å²) in [5, 5.41) is 6.60. The predicted octanol–water partition coefficient (Wildman–Crippen LogP) is 3.39. The van der Waals surface area contributed by atoms with E-state index in [0.29, 0.717) is 11.6 Å². The minimum absolute atomic E-state index is 0.0923. The third-order valence-electron chi connectivity index (χ3n) is 3.31. The first-order valence-electron chi connectivity index (χ1n) is 6.99. The topological polar surface area (TPSA) is 50.4 Å². The minimum Gasteiger partial charge on any atom is -0.496 e. The Morgan fingerprint density at radius 3 is 2.77 bits per heavy atom. The molecular formula is C17H19ClN2O2. The molecule has 4 nitrogen and oxygen atoms in total. The molecular weight excluding hydrogens is 300 g/mol. The summed E-state index contributed by atoms with van der Waals surface area (Å²) < 4.78 is 5.25. The van der Waals surface area contributed by atoms with Crippen molar-refractivity contribution in [2.24, 2.45) is 0 Å². The average molecular weight is 319 g/mol. The first-order valence-corrected chi connectivity index (χ1v) is 7.36. The molecule has 2 aromatic rings. The number of aryl methyl sites for hydroxylation is 1. The van der Waals surface area contributed by atoms with Crippen LogP contribution in [-0.2, 0) is 11.3 Å². The predicted molar refractivity (Wildman–Crippen MR) is 89.5 cm³/mol. The van der Waals surface area contributed by atoms with Crippen molar-refractivity contribution in [3.8, 4) is 5.75 Å². The van der Waals surface area contributed by atoms with E-state index < -0.39 is 0 Å². The van der Waals surface area contributed by atoms with Crippen molar-refractivity contribution in [1.82, 2.24) is 5.32 Å². The molecule has 0 bridgehead atoms. The van der Waals surface area contributed by atoms with E-state index in [2.05, 4.69) is 10.6 Å². The number of carbonyl (C=O) groups is 1. The summed E-state index contributed by atoms with van der Waals surface area (Å²) in [5.74, 6) is 0.673. The Morgan fingerprint density at radius 1 is 1.23 bits per heavy atom. The SMILES string of the molecule is COc1ccccc1CNC(=O)CNc1cc(Cl)ccc1C. The molecule has 22 heavy (non-hydrogen) atoms. The van der Waals surface area contributed by atoms with E-state index in [-0.39, 0.29) is 12.5 Å². The number of benzene rings is 2. The summed E-state index contributed by atoms with van der Waals surface area (Å²) in [5.41, 5.74) is 2.85. The summed E-state index contributed by atoms with van der Waals surface area (Å²) in [6.07, 6.45) is 0. The smallest absolute Gasteiger partial charge is 0.239 e. The fraction of sp³-hybridized carbons (Fsp3) is 0.235. The van der Waals surface area contributed by atoms with Gasteiger partial charge in [0.25, 0.3) is 0 Å². The zero-order valence-corrected chi connectivity index (χ0v) is 13.4. The summed E-state index contributed by atoms with van der Waals surface area (Å²) in [4.78, 5) is 11.9. The van der Waals surface area contributed by atoms with Gasteiger partial charge in [0.1, 0.15) is 5.75 Å². The fourth-order valence-electron chi connectivity index (χ4n) is 2.07. The zero-order chi connectivity index (χ0) is 15.9. The van der Waals surface area contributed by atoms with Crippen molar-refractivity contribution in [2.45, 2.75) is 13.5 Å². The van der Waals surface area contributed by atoms with Gasteiger partial charge in [-0.25, -0.2) is 0 Å². The van der Waals surface area contributed by atoms with Gasteiger partial charge in [0, 0.05) is 22.8 Å². The van der Waals surface area contributed by atoms with E-state index in [0.717, 1.165) is 22.6 Å². The monoisotopic (exact) mass is 318 g/mol. The molecule has 0 heterocycles. The molecule has 0 spiro atoms. The molecule has 0 fully saturated rings. The Kier molecular flexibility index (Phi) is 5.67. The van der Waals surface area contributed by atoms with Gasteiger partial charge < -0.3 is 15.4 Å². The van der Waals surface area contributed by atoms with Crippen molar-refractivity contribution in [3.05, 3.63) is 58.6 Å². The van der Waals surface area contributed by atoms with Crippen molar-refractivity contribution >= 4 is 23.2 Å². The number of amides is 1. The number of anilines is 1. The molecule has 0 aliphatic carbocycles. The molecule has 0 saturated carbocycles. The molecule has 5 heteroatoms. The number of ether oxygens (including phenoxy) is 1. The highest BCUT2D eigenvalue weighted by atomic mass is 35.5. The van der Waals surface area contributed by atoms with Crippen LogP contribution in [-0.4, -0.2) is 19.6 Å². The highest BCUT2D eigenvalue weighted by Crippen LogP contribution is 2.20. The number of hydrogen-bond donors (Lipinski definition) is 2. The molecule has 2 aromatic carbocycles. The first kappa shape index (κ1) is 16.2. The summed E-state index contributed by atoms with van der Waals surface area (Å²) >= 11 is 5.95. The second kappa shape index (κ2) is 7.71. The average Bonchev–Trinajstić information content (AvgIpc) is 2.54. The van der Waals surface area contributed by atoms with Gasteiger partial charge in [-0.05, 0) is 30.7 Å². The van der Waals surface area contributed by atoms with Gasteiger partial charge in [0.15, 0.2) is 0 Å². The van der Waals surface area contributed by atoms with Gasteiger partial charge in [0.2, 0.25) is 5.91 Å². The fourth-order valence-corrected chi connectivity index (χ4v) is 2.24. The lowest BCUT2D eigenvalue weighted by atomic mass is 10.2. The number of nitrogens with one attached hydrogen (secondary N) is 2. The first-order chi connectivity index (χ1) is 10.6. The molecule has 0 saturated heterocycles. The second-order valence-corrected chi connectivity index (χ2v) is 5.34. The van der Waals surface area contributed by atoms with E-state index in [4.69, 9.17) is 16.3 Å². The molecule has 2 rings (SSSR count). The molecule has 0 aliphatic heterocycles. The highest BCUT2D eigenvalue weighted by Gasteiger charge is 2.06. The van der Waals surface area contributed by atoms with E-state index >= 15 is 0 Å². The molecule has 0 unspecified atom stereocenters. The van der Waals surface area contributed by atoms with Crippen LogP contribution in [0.3, 0.4) is 0 Å². The third-order valence-corrected chi connectivity index (χ3v) is 3.54. The van der Waals surface area contributed by atoms with E-state index in [1.54, 1.807) is 7.11 Å². The molecule has 0 radical (unpaired) electrons. The van der Waals surface area contributed by atoms with Crippen LogP contribution in [0.4, 0.5) is 5.69 Å². The van der Waals surface area contributed by atoms with E-state index in [9.17, 15) is 4.79 Å². The van der Waals surface area contributed by atoms with Crippen molar-refractivity contribution in [3.63, 3.8) is 0 Å². The second-order valence-electron chi connectivity index (χ2n) is 4.90. The van der Waals surface area contributed by atoms with Crippen LogP contribution in [0.2, 0.25) is 5.02 Å². The van der Waals surface area contributed by atoms with Gasteiger partial charge in [0.05, 0.1) is 13.7 Å². The number of para-hydroxylation sites is 1. The molecule has 1 amide bonds. The van der Waals surface area contributed by atoms with Crippen LogP contribution < -0.4 is 15.4 Å². The van der Waals surface area contributed by atoms with Gasteiger partial charge in [-0.15, -0.1) is 0 Å². The van der Waals surface area contributed by atoms with Crippen LogP contribution in [0.1, 0.15) is 11.1 Å². The number of rotatable bonds is 6. The summed E-state index contributed by atoms with van der Waals surface area (Å²) in [7, 11) is 1.62. The number of methoxy groups -OCH3 is 1. The Balaban J connectivity index is 1.87. The molecule has 0 atom stereocenters. The van der Waals surface area contributed by atoms with Crippen molar-refractivity contribution in [2.75, 3.05) is 19.0 Å². The van der Waals surface area contributed by atoms with Crippen molar-refractivity contribution in [1.29, 1.82) is 0 Å². The van der Waals surface area contributed by atoms with Crippen LogP contribution in [0.5, 0.6) is 5.75 Å². The Bertz CT molecular complexity index is 659. The minimum atomic E-state index is -0.0923. The molecule has 0 aromatic heterocycles. The summed E-state index contributed by atoms with van der Waals surface area (Å²) in [6.45, 7) is 2.58. The highest BCUT2D eigenvalue weighted by molar-refractivity contribution is 6.30. The standard InChI is InChI=1S/C17H19ClN2O2/c1-12-7-8-14(18)9-15(12)19-11-17(21)20-10-13-5-3-4-6-16(13)22-2/h3-9,19H,10-11H2,1-2H3,(H,20,21). The van der Waals surface area contributed by atoms with Crippen LogP contribution in [0.15, 0.2) is 42.5 Å². The Labute approximate surface area is 135 Å². The maximum absolute atomic E-state index is 11.9. The largest absolute Gasteiger partial charge is 0.496 e. The van der Waals surface area contributed by atoms with Crippen molar-refractivity contribution < 1.29 is 9.53 Å². The van der Waals surface area contributed by atoms with Gasteiger partial charge in [-0.2, -0.15) is 0 Å². The number of carbonyl (C=O) groups excluding carboxylic acids is 1. The lowest BCUT2D eigenvalue weighted by molar-refractivity contribution is -0.119. The van der Waals surface area contributed by atoms with E-state index in [1.807, 2.05) is 49.4 Å². The van der Waals surface area contributed by atoms with E-state index in [1.165, 1.54) is 0 Å². The zero-order valence-electron chi connectivity index (χ0n) is 12.7. The van der Waals surface area contributed by atoms with Gasteiger partial charge in [-0.1, -0.05) is 35.9 Å². The summed E-state index contributed by atoms with van der Waals surface area (Å²) in [6, 6.07) is 13.2. The van der Waals surface area contributed by atoms with Crippen LogP contribution >= 0.6 is 11.6 Å². The molecule has 116 valence electrons.